The third kappa shape index (κ3) is 3.47. The molecule has 0 fully saturated rings. The molecule has 0 N–H and O–H groups in total. The Morgan fingerprint density at radius 3 is 1.41 bits per heavy atom. The van der Waals surface area contributed by atoms with Crippen LogP contribution in [0.15, 0.2) is 59.3 Å². The molecule has 0 aliphatic heterocycles. The van der Waals surface area contributed by atoms with Gasteiger partial charge < -0.3 is 8.95 Å². The lowest BCUT2D eigenvalue weighted by atomic mass is 10.0. The molecule has 0 aromatic heterocycles. The maximum atomic E-state index is 15.7. The van der Waals surface area contributed by atoms with E-state index in [1.54, 1.807) is 0 Å². The van der Waals surface area contributed by atoms with E-state index in [4.69, 9.17) is 0 Å². The zero-order valence-electron chi connectivity index (χ0n) is 14.3. The van der Waals surface area contributed by atoms with Crippen molar-refractivity contribution in [1.82, 2.24) is 8.95 Å². The molecule has 0 aromatic rings. The van der Waals surface area contributed by atoms with Crippen LogP contribution in [-0.4, -0.2) is 32.7 Å². The molecule has 22 heavy (non-hydrogen) atoms. The minimum atomic E-state index is -1.91. The highest BCUT2D eigenvalue weighted by atomic mass is 28.3. The Morgan fingerprint density at radius 1 is 0.818 bits per heavy atom. The summed E-state index contributed by atoms with van der Waals surface area (Å²) in [7, 11) is -5.01. The first kappa shape index (κ1) is 16.9. The van der Waals surface area contributed by atoms with Gasteiger partial charge in [0.25, 0.3) is 0 Å². The molecule has 0 atom stereocenters. The van der Waals surface area contributed by atoms with Crippen LogP contribution in [0.5, 0.6) is 0 Å². The zero-order valence-corrected chi connectivity index (χ0v) is 16.3. The summed E-state index contributed by atoms with van der Waals surface area (Å²) in [5.41, 5.74) is 8.05. The quantitative estimate of drug-likeness (QED) is 0.525. The first-order valence-corrected chi connectivity index (χ1v) is 14.5. The SMILES string of the molecule is C[Si](C)(C)N(B(F)N(C1=C=CC=C1)[Si](C)(C)C)C1=C=CC=C1. The molecule has 116 valence electrons. The highest BCUT2D eigenvalue weighted by Crippen LogP contribution is 2.29. The van der Waals surface area contributed by atoms with Crippen LogP contribution in [0.25, 0.3) is 0 Å². The second-order valence-corrected chi connectivity index (χ2v) is 17.1. The average molecular weight is 330 g/mol. The molecule has 0 unspecified atom stereocenters. The van der Waals surface area contributed by atoms with E-state index in [1.807, 2.05) is 45.4 Å². The molecule has 2 nitrogen and oxygen atoms in total. The number of hydrogen-bond acceptors (Lipinski definition) is 2. The molecule has 0 saturated heterocycles. The van der Waals surface area contributed by atoms with Crippen LogP contribution in [0.1, 0.15) is 0 Å². The molecule has 2 aliphatic rings. The van der Waals surface area contributed by atoms with Crippen molar-refractivity contribution in [2.24, 2.45) is 0 Å². The minimum Gasteiger partial charge on any atom is -0.389 e. The number of rotatable bonds is 6. The largest absolute Gasteiger partial charge is 0.571 e. The topological polar surface area (TPSA) is 6.48 Å². The van der Waals surface area contributed by atoms with Crippen molar-refractivity contribution < 1.29 is 4.32 Å². The Morgan fingerprint density at radius 2 is 1.18 bits per heavy atom. The summed E-state index contributed by atoms with van der Waals surface area (Å²) in [6.45, 7) is 13.0. The summed E-state index contributed by atoms with van der Waals surface area (Å²) in [6.07, 6.45) is 11.4. The average Bonchev–Trinajstić information content (AvgIpc) is 2.98. The Balaban J connectivity index is 2.45. The Bertz CT molecular complexity index is 584. The molecular weight excluding hydrogens is 306 g/mol. The Hall–Kier alpha value is -1.45. The highest BCUT2D eigenvalue weighted by Gasteiger charge is 2.45. The van der Waals surface area contributed by atoms with Crippen molar-refractivity contribution in [2.45, 2.75) is 39.3 Å². The molecule has 0 bridgehead atoms. The minimum absolute atomic E-state index is 0.849. The lowest BCUT2D eigenvalue weighted by Crippen LogP contribution is -2.63. The fourth-order valence-corrected chi connectivity index (χ4v) is 6.00. The van der Waals surface area contributed by atoms with Crippen molar-refractivity contribution >= 4 is 23.7 Å². The van der Waals surface area contributed by atoms with Crippen molar-refractivity contribution in [1.29, 1.82) is 0 Å². The van der Waals surface area contributed by atoms with Gasteiger partial charge in [0.2, 0.25) is 0 Å². The van der Waals surface area contributed by atoms with Crippen LogP contribution in [0.2, 0.25) is 39.3 Å². The van der Waals surface area contributed by atoms with Gasteiger partial charge in [-0.05, 0) is 24.3 Å². The van der Waals surface area contributed by atoms with Crippen LogP contribution in [0.4, 0.5) is 4.32 Å². The van der Waals surface area contributed by atoms with Gasteiger partial charge in [0.05, 0.1) is 11.4 Å². The smallest absolute Gasteiger partial charge is 0.389 e. The van der Waals surface area contributed by atoms with E-state index in [-0.39, 0.29) is 0 Å². The van der Waals surface area contributed by atoms with E-state index in [2.05, 4.69) is 50.7 Å². The molecule has 0 radical (unpaired) electrons. The first-order chi connectivity index (χ1) is 10.1. The first-order valence-electron chi connectivity index (χ1n) is 7.62. The predicted octanol–water partition coefficient (Wildman–Crippen LogP) is 4.43. The highest BCUT2D eigenvalue weighted by molar-refractivity contribution is 6.87. The van der Waals surface area contributed by atoms with Crippen LogP contribution in [0, 0.1) is 0 Å². The summed E-state index contributed by atoms with van der Waals surface area (Å²) in [5, 5.41) is 0. The predicted molar refractivity (Wildman–Crippen MR) is 98.7 cm³/mol. The van der Waals surface area contributed by atoms with Crippen LogP contribution >= 0.6 is 0 Å². The molecular formula is C16H24BFN2Si2. The molecule has 2 rings (SSSR count). The monoisotopic (exact) mass is 330 g/mol. The van der Waals surface area contributed by atoms with Gasteiger partial charge in [-0.2, -0.15) is 0 Å². The van der Waals surface area contributed by atoms with Crippen molar-refractivity contribution in [3.63, 3.8) is 0 Å². The molecule has 0 saturated carbocycles. The maximum Gasteiger partial charge on any atom is 0.571 e. The molecule has 6 heteroatoms. The van der Waals surface area contributed by atoms with Gasteiger partial charge in [-0.15, -0.1) is 0 Å². The van der Waals surface area contributed by atoms with Crippen molar-refractivity contribution in [3.05, 3.63) is 59.3 Å². The van der Waals surface area contributed by atoms with Crippen molar-refractivity contribution in [2.75, 3.05) is 0 Å². The van der Waals surface area contributed by atoms with Gasteiger partial charge in [0.15, 0.2) is 0 Å². The summed E-state index contributed by atoms with van der Waals surface area (Å²) in [6, 6.07) is 0. The standard InChI is InChI=1S/C16H24BFN2Si2/c1-21(2,3)19(15-11-7-8-12-15)17(18)20(22(4,5)6)16-13-9-10-14-16/h7-11,13H,1-6H3. The van der Waals surface area contributed by atoms with E-state index in [9.17, 15) is 0 Å². The molecule has 0 aromatic carbocycles. The third-order valence-corrected chi connectivity index (χ3v) is 7.35. The summed E-state index contributed by atoms with van der Waals surface area (Å²) >= 11 is 0. The fourth-order valence-electron chi connectivity index (χ4n) is 2.65. The number of nitrogens with zero attached hydrogens (tertiary/aromatic N) is 2. The third-order valence-electron chi connectivity index (χ3n) is 3.55. The number of halogens is 1. The van der Waals surface area contributed by atoms with E-state index in [1.165, 1.54) is 0 Å². The second kappa shape index (κ2) is 5.98. The molecule has 2 aliphatic carbocycles. The van der Waals surface area contributed by atoms with E-state index < -0.39 is 23.7 Å². The molecule has 0 spiro atoms. The van der Waals surface area contributed by atoms with Gasteiger partial charge >= 0.3 is 7.26 Å². The number of hydrogen-bond donors (Lipinski definition) is 0. The van der Waals surface area contributed by atoms with Crippen molar-refractivity contribution in [3.8, 4) is 0 Å². The summed E-state index contributed by atoms with van der Waals surface area (Å²) in [4.78, 5) is 0. The van der Waals surface area contributed by atoms with E-state index in [0.717, 1.165) is 11.4 Å². The van der Waals surface area contributed by atoms with Crippen LogP contribution < -0.4 is 0 Å². The summed E-state index contributed by atoms with van der Waals surface area (Å²) < 4.78 is 19.6. The molecule has 0 amide bonds. The normalized spacial score (nSPS) is 16.1. The van der Waals surface area contributed by atoms with Gasteiger partial charge in [0, 0.05) is 0 Å². The maximum absolute atomic E-state index is 15.7. The fraction of sp³-hybridized carbons (Fsp3) is 0.375. The van der Waals surface area contributed by atoms with Gasteiger partial charge in [-0.1, -0.05) is 62.9 Å². The molecule has 0 heterocycles. The van der Waals surface area contributed by atoms with Gasteiger partial charge in [0.1, 0.15) is 16.5 Å². The summed E-state index contributed by atoms with van der Waals surface area (Å²) in [5.74, 6) is 0. The zero-order chi connectivity index (χ0) is 16.5. The lowest BCUT2D eigenvalue weighted by Gasteiger charge is -2.45. The van der Waals surface area contributed by atoms with E-state index in [0.29, 0.717) is 0 Å². The second-order valence-electron chi connectivity index (χ2n) is 7.50. The van der Waals surface area contributed by atoms with Gasteiger partial charge in [-0.25, -0.2) is 0 Å². The Labute approximate surface area is 136 Å². The van der Waals surface area contributed by atoms with Crippen LogP contribution in [-0.2, 0) is 0 Å². The lowest BCUT2D eigenvalue weighted by molar-refractivity contribution is 0.566. The van der Waals surface area contributed by atoms with Gasteiger partial charge in [-0.3, -0.25) is 4.32 Å². The number of allylic oxidation sites excluding steroid dienone is 4. The van der Waals surface area contributed by atoms with Crippen LogP contribution in [0.3, 0.4) is 0 Å². The van der Waals surface area contributed by atoms with E-state index >= 15 is 4.32 Å². The Kier molecular flexibility index (Phi) is 4.59.